The minimum absolute atomic E-state index is 0.0165. The lowest BCUT2D eigenvalue weighted by Gasteiger charge is -2.10. The van der Waals surface area contributed by atoms with Gasteiger partial charge in [-0.3, -0.25) is 4.79 Å². The summed E-state index contributed by atoms with van der Waals surface area (Å²) in [5.41, 5.74) is 0.519. The Hall–Kier alpha value is -1.54. The molecular weight excluding hydrogens is 311 g/mol. The quantitative estimate of drug-likeness (QED) is 0.683. The van der Waals surface area contributed by atoms with Gasteiger partial charge in [0.05, 0.1) is 16.1 Å². The van der Waals surface area contributed by atoms with Crippen molar-refractivity contribution in [1.82, 2.24) is 5.32 Å². The van der Waals surface area contributed by atoms with E-state index < -0.39 is 5.91 Å². The van der Waals surface area contributed by atoms with Crippen molar-refractivity contribution in [3.05, 3.63) is 39.4 Å². The molecule has 1 N–H and O–H groups in total. The van der Waals surface area contributed by atoms with Crippen LogP contribution in [-0.4, -0.2) is 25.2 Å². The normalized spacial score (nSPS) is 18.3. The molecule has 21 heavy (non-hydrogen) atoms. The lowest BCUT2D eigenvalue weighted by molar-refractivity contribution is -0.117. The first-order valence-corrected chi connectivity index (χ1v) is 7.33. The summed E-state index contributed by atoms with van der Waals surface area (Å²) < 4.78 is 5.41. The van der Waals surface area contributed by atoms with Gasteiger partial charge < -0.3 is 10.1 Å². The summed E-state index contributed by atoms with van der Waals surface area (Å²) in [5, 5.41) is 12.5. The van der Waals surface area contributed by atoms with Gasteiger partial charge in [-0.05, 0) is 30.5 Å². The average molecular weight is 325 g/mol. The fourth-order valence-corrected chi connectivity index (χ4v) is 2.41. The maximum Gasteiger partial charge on any atom is 0.262 e. The lowest BCUT2D eigenvalue weighted by atomic mass is 10.1. The van der Waals surface area contributed by atoms with Crippen molar-refractivity contribution in [2.24, 2.45) is 0 Å². The highest BCUT2D eigenvalue weighted by Gasteiger charge is 2.17. The molecule has 6 heteroatoms. The van der Waals surface area contributed by atoms with Crippen molar-refractivity contribution in [2.45, 2.75) is 18.9 Å². The van der Waals surface area contributed by atoms with E-state index in [0.29, 0.717) is 22.2 Å². The van der Waals surface area contributed by atoms with Crippen molar-refractivity contribution < 1.29 is 9.53 Å². The number of hydrogen-bond acceptors (Lipinski definition) is 3. The van der Waals surface area contributed by atoms with Crippen LogP contribution in [0.25, 0.3) is 6.08 Å². The van der Waals surface area contributed by atoms with Gasteiger partial charge in [-0.15, -0.1) is 0 Å². The molecule has 0 aromatic heterocycles. The van der Waals surface area contributed by atoms with Crippen LogP contribution in [0.1, 0.15) is 18.4 Å². The number of benzene rings is 1. The monoisotopic (exact) mass is 324 g/mol. The van der Waals surface area contributed by atoms with E-state index >= 15 is 0 Å². The molecule has 1 atom stereocenters. The fourth-order valence-electron chi connectivity index (χ4n) is 2.04. The lowest BCUT2D eigenvalue weighted by Crippen LogP contribution is -2.32. The van der Waals surface area contributed by atoms with E-state index in [1.165, 1.54) is 6.08 Å². The third-order valence-electron chi connectivity index (χ3n) is 3.16. The molecule has 1 aromatic rings. The molecule has 1 aromatic carbocycles. The van der Waals surface area contributed by atoms with Crippen LogP contribution in [0, 0.1) is 11.3 Å². The molecule has 1 aliphatic heterocycles. The maximum atomic E-state index is 12.0. The van der Waals surface area contributed by atoms with Gasteiger partial charge in [0.25, 0.3) is 5.91 Å². The van der Waals surface area contributed by atoms with Gasteiger partial charge in [0.15, 0.2) is 0 Å². The van der Waals surface area contributed by atoms with Gasteiger partial charge in [-0.1, -0.05) is 35.3 Å². The number of nitrogens with one attached hydrogen (secondary N) is 1. The molecule has 2 rings (SSSR count). The number of hydrogen-bond donors (Lipinski definition) is 1. The molecule has 1 unspecified atom stereocenters. The van der Waals surface area contributed by atoms with Crippen LogP contribution >= 0.6 is 23.2 Å². The molecule has 4 nitrogen and oxygen atoms in total. The number of nitrogens with zero attached hydrogens (tertiary/aromatic N) is 1. The highest BCUT2D eigenvalue weighted by atomic mass is 35.5. The van der Waals surface area contributed by atoms with Crippen molar-refractivity contribution in [3.8, 4) is 6.07 Å². The van der Waals surface area contributed by atoms with Crippen LogP contribution in [0.5, 0.6) is 0 Å². The summed E-state index contributed by atoms with van der Waals surface area (Å²) in [6.45, 7) is 1.13. The zero-order valence-corrected chi connectivity index (χ0v) is 12.7. The first-order valence-electron chi connectivity index (χ1n) is 6.57. The van der Waals surface area contributed by atoms with Crippen LogP contribution in [0.2, 0.25) is 10.0 Å². The summed E-state index contributed by atoms with van der Waals surface area (Å²) in [5.74, 6) is -0.441. The summed E-state index contributed by atoms with van der Waals surface area (Å²) in [6.07, 6.45) is 3.38. The SMILES string of the molecule is N#CC(=Cc1cccc(Cl)c1Cl)C(=O)NCC1CCCO1. The molecule has 1 saturated heterocycles. The van der Waals surface area contributed by atoms with Crippen LogP contribution < -0.4 is 5.32 Å². The highest BCUT2D eigenvalue weighted by Crippen LogP contribution is 2.27. The van der Waals surface area contributed by atoms with Crippen LogP contribution in [0.3, 0.4) is 0 Å². The van der Waals surface area contributed by atoms with Gasteiger partial charge in [-0.2, -0.15) is 5.26 Å². The molecule has 0 bridgehead atoms. The Balaban J connectivity index is 2.07. The van der Waals surface area contributed by atoms with Crippen molar-refractivity contribution in [2.75, 3.05) is 13.2 Å². The molecule has 110 valence electrons. The number of halogens is 2. The zero-order chi connectivity index (χ0) is 15.2. The standard InChI is InChI=1S/C15H14Cl2N2O2/c16-13-5-1-3-10(14(13)17)7-11(8-18)15(20)19-9-12-4-2-6-21-12/h1,3,5,7,12H,2,4,6,9H2,(H,19,20). The Morgan fingerprint density at radius 3 is 3.00 bits per heavy atom. The zero-order valence-electron chi connectivity index (χ0n) is 11.2. The second-order valence-corrected chi connectivity index (χ2v) is 5.44. The number of amides is 1. The van der Waals surface area contributed by atoms with Gasteiger partial charge in [-0.25, -0.2) is 0 Å². The third kappa shape index (κ3) is 4.21. The number of carbonyl (C=O) groups excluding carboxylic acids is 1. The van der Waals surface area contributed by atoms with Gasteiger partial charge in [0.2, 0.25) is 0 Å². The highest BCUT2D eigenvalue weighted by molar-refractivity contribution is 6.43. The Labute approximate surface area is 133 Å². The largest absolute Gasteiger partial charge is 0.376 e. The summed E-state index contributed by atoms with van der Waals surface area (Å²) in [7, 11) is 0. The summed E-state index contributed by atoms with van der Waals surface area (Å²) >= 11 is 11.9. The predicted octanol–water partition coefficient (Wildman–Crippen LogP) is 3.20. The number of carbonyl (C=O) groups is 1. The molecule has 1 amide bonds. The van der Waals surface area contributed by atoms with E-state index in [0.717, 1.165) is 19.4 Å². The molecule has 0 radical (unpaired) electrons. The molecule has 1 fully saturated rings. The van der Waals surface area contributed by atoms with Crippen molar-refractivity contribution in [1.29, 1.82) is 5.26 Å². The van der Waals surface area contributed by atoms with Crippen molar-refractivity contribution in [3.63, 3.8) is 0 Å². The predicted molar refractivity (Wildman–Crippen MR) is 82.0 cm³/mol. The minimum Gasteiger partial charge on any atom is -0.376 e. The van der Waals surface area contributed by atoms with Crippen LogP contribution in [0.4, 0.5) is 0 Å². The van der Waals surface area contributed by atoms with Crippen LogP contribution in [0.15, 0.2) is 23.8 Å². The first-order chi connectivity index (χ1) is 10.1. The molecule has 0 saturated carbocycles. The molecule has 1 heterocycles. The van der Waals surface area contributed by atoms with E-state index in [9.17, 15) is 4.79 Å². The Kier molecular flexibility index (Phi) is 5.63. The van der Waals surface area contributed by atoms with E-state index in [1.54, 1.807) is 18.2 Å². The second-order valence-electron chi connectivity index (χ2n) is 4.66. The number of ether oxygens (including phenoxy) is 1. The smallest absolute Gasteiger partial charge is 0.262 e. The minimum atomic E-state index is -0.441. The molecular formula is C15H14Cl2N2O2. The van der Waals surface area contributed by atoms with E-state index in [4.69, 9.17) is 33.2 Å². The van der Waals surface area contributed by atoms with Gasteiger partial charge >= 0.3 is 0 Å². The summed E-state index contributed by atoms with van der Waals surface area (Å²) in [4.78, 5) is 12.0. The van der Waals surface area contributed by atoms with Crippen molar-refractivity contribution >= 4 is 35.2 Å². The second kappa shape index (κ2) is 7.46. The molecule has 1 aliphatic rings. The van der Waals surface area contributed by atoms with Crippen LogP contribution in [-0.2, 0) is 9.53 Å². The van der Waals surface area contributed by atoms with Gasteiger partial charge in [0, 0.05) is 13.2 Å². The third-order valence-corrected chi connectivity index (χ3v) is 3.99. The Morgan fingerprint density at radius 1 is 1.52 bits per heavy atom. The number of rotatable bonds is 4. The Bertz CT molecular complexity index is 602. The topological polar surface area (TPSA) is 62.1 Å². The summed E-state index contributed by atoms with van der Waals surface area (Å²) in [6, 6.07) is 6.92. The van der Waals surface area contributed by atoms with E-state index in [1.807, 2.05) is 6.07 Å². The maximum absolute atomic E-state index is 12.0. The first kappa shape index (κ1) is 15.8. The van der Waals surface area contributed by atoms with Gasteiger partial charge in [0.1, 0.15) is 11.6 Å². The fraction of sp³-hybridized carbons (Fsp3) is 0.333. The average Bonchev–Trinajstić information content (AvgIpc) is 2.99. The number of nitriles is 1. The van der Waals surface area contributed by atoms with E-state index in [-0.39, 0.29) is 11.7 Å². The Morgan fingerprint density at radius 2 is 2.33 bits per heavy atom. The molecule has 0 aliphatic carbocycles. The van der Waals surface area contributed by atoms with E-state index in [2.05, 4.69) is 5.32 Å². The molecule has 0 spiro atoms.